The van der Waals surface area contributed by atoms with Crippen LogP contribution >= 0.6 is 39.9 Å². The lowest BCUT2D eigenvalue weighted by atomic mass is 10.2. The van der Waals surface area contributed by atoms with Crippen LogP contribution < -0.4 is 4.74 Å². The molecule has 8 heteroatoms. The highest BCUT2D eigenvalue weighted by Gasteiger charge is 2.32. The molecule has 152 valence electrons. The first-order chi connectivity index (χ1) is 13.5. The van der Waals surface area contributed by atoms with E-state index in [1.165, 1.54) is 16.7 Å². The highest BCUT2D eigenvalue weighted by atomic mass is 79.9. The number of nitrogens with zero attached hydrogens (tertiary/aromatic N) is 1. The van der Waals surface area contributed by atoms with Crippen LogP contribution in [0, 0.1) is 0 Å². The van der Waals surface area contributed by atoms with Gasteiger partial charge in [0.1, 0.15) is 10.1 Å². The summed E-state index contributed by atoms with van der Waals surface area (Å²) >= 11 is 10.0. The predicted molar refractivity (Wildman–Crippen MR) is 120 cm³/mol. The van der Waals surface area contributed by atoms with Crippen LogP contribution in [-0.4, -0.2) is 40.9 Å². The molecule has 0 N–H and O–H groups in total. The van der Waals surface area contributed by atoms with Gasteiger partial charge in [-0.15, -0.1) is 0 Å². The minimum absolute atomic E-state index is 0.127. The van der Waals surface area contributed by atoms with Crippen molar-refractivity contribution < 1.29 is 19.1 Å². The minimum atomic E-state index is -0.321. The molecule has 1 aromatic carbocycles. The summed E-state index contributed by atoms with van der Waals surface area (Å²) in [6, 6.07) is 5.71. The van der Waals surface area contributed by atoms with E-state index in [2.05, 4.69) is 22.9 Å². The molecule has 0 aromatic heterocycles. The average Bonchev–Trinajstić information content (AvgIpc) is 2.93. The smallest absolute Gasteiger partial charge is 0.307 e. The van der Waals surface area contributed by atoms with Crippen LogP contribution in [0.1, 0.15) is 45.1 Å². The highest BCUT2D eigenvalue weighted by Crippen LogP contribution is 2.35. The lowest BCUT2D eigenvalue weighted by Crippen LogP contribution is -2.30. The van der Waals surface area contributed by atoms with E-state index in [0.717, 1.165) is 35.0 Å². The maximum atomic E-state index is 12.7. The number of benzene rings is 1. The highest BCUT2D eigenvalue weighted by molar-refractivity contribution is 9.10. The van der Waals surface area contributed by atoms with Gasteiger partial charge >= 0.3 is 5.97 Å². The molecule has 1 fully saturated rings. The Balaban J connectivity index is 2.10. The second-order valence-electron chi connectivity index (χ2n) is 6.19. The van der Waals surface area contributed by atoms with Crippen LogP contribution in [-0.2, 0) is 14.3 Å². The van der Waals surface area contributed by atoms with Crippen molar-refractivity contribution in [3.63, 3.8) is 0 Å². The van der Waals surface area contributed by atoms with E-state index in [1.54, 1.807) is 6.08 Å². The van der Waals surface area contributed by atoms with Crippen molar-refractivity contribution in [3.05, 3.63) is 33.1 Å². The molecular formula is C20H24BrNO4S2. The number of carbonyl (C=O) groups excluding carboxylic acids is 2. The Hall–Kier alpha value is -1.38. The van der Waals surface area contributed by atoms with Crippen molar-refractivity contribution in [2.45, 2.75) is 39.5 Å². The van der Waals surface area contributed by atoms with Crippen LogP contribution in [0.2, 0.25) is 0 Å². The van der Waals surface area contributed by atoms with Crippen molar-refractivity contribution in [2.24, 2.45) is 0 Å². The standard InChI is InChI=1S/C20H24BrNO4S2/c1-3-5-11-25-16-7-6-15(21)12-14(16)13-17-19(24)22(20(27)28-17)9-8-18(23)26-10-4-2/h6-7,12-13H,3-5,8-11H2,1-2H3/b17-13+. The SMILES string of the molecule is CCCCOc1ccc(Br)cc1/C=C1/SC(=S)N(CCC(=O)OCCC)C1=O. The van der Waals surface area contributed by atoms with Crippen molar-refractivity contribution in [2.75, 3.05) is 19.8 Å². The second-order valence-corrected chi connectivity index (χ2v) is 8.78. The molecule has 0 aliphatic carbocycles. The molecule has 0 spiro atoms. The molecule has 0 bridgehead atoms. The van der Waals surface area contributed by atoms with Crippen LogP contribution in [0.4, 0.5) is 0 Å². The first kappa shape index (κ1) is 22.9. The zero-order valence-corrected chi connectivity index (χ0v) is 19.3. The lowest BCUT2D eigenvalue weighted by molar-refractivity contribution is -0.143. The van der Waals surface area contributed by atoms with Gasteiger partial charge in [0.05, 0.1) is 24.5 Å². The third-order valence-corrected chi connectivity index (χ3v) is 5.77. The number of thiocarbonyl (C=S) groups is 1. The number of hydrogen-bond acceptors (Lipinski definition) is 6. The number of ether oxygens (including phenoxy) is 2. The summed E-state index contributed by atoms with van der Waals surface area (Å²) in [4.78, 5) is 26.4. The quantitative estimate of drug-likeness (QED) is 0.197. The third-order valence-electron chi connectivity index (χ3n) is 3.89. The monoisotopic (exact) mass is 485 g/mol. The largest absolute Gasteiger partial charge is 0.493 e. The van der Waals surface area contributed by atoms with Gasteiger partial charge in [0, 0.05) is 16.6 Å². The summed E-state index contributed by atoms with van der Waals surface area (Å²) < 4.78 is 12.3. The molecule has 0 saturated carbocycles. The first-order valence-electron chi connectivity index (χ1n) is 9.29. The molecule has 1 amide bonds. The Morgan fingerprint density at radius 1 is 1.29 bits per heavy atom. The molecule has 1 heterocycles. The van der Waals surface area contributed by atoms with Crippen LogP contribution in [0.15, 0.2) is 27.6 Å². The van der Waals surface area contributed by atoms with Gasteiger partial charge in [-0.2, -0.15) is 0 Å². The van der Waals surface area contributed by atoms with Gasteiger partial charge in [-0.25, -0.2) is 0 Å². The predicted octanol–water partition coefficient (Wildman–Crippen LogP) is 5.17. The normalized spacial score (nSPS) is 15.4. The van der Waals surface area contributed by atoms with Crippen molar-refractivity contribution in [1.82, 2.24) is 4.90 Å². The van der Waals surface area contributed by atoms with Gasteiger partial charge in [0.25, 0.3) is 5.91 Å². The number of halogens is 1. The van der Waals surface area contributed by atoms with Gasteiger partial charge < -0.3 is 9.47 Å². The summed E-state index contributed by atoms with van der Waals surface area (Å²) in [6.45, 7) is 5.28. The molecule has 1 aliphatic heterocycles. The zero-order chi connectivity index (χ0) is 20.5. The van der Waals surface area contributed by atoms with Gasteiger partial charge in [-0.1, -0.05) is 60.2 Å². The molecule has 1 aliphatic rings. The first-order valence-corrected chi connectivity index (χ1v) is 11.3. The number of amides is 1. The van der Waals surface area contributed by atoms with Gasteiger partial charge in [0.15, 0.2) is 0 Å². The van der Waals surface area contributed by atoms with E-state index < -0.39 is 0 Å². The summed E-state index contributed by atoms with van der Waals surface area (Å²) in [5.74, 6) is 0.210. The fourth-order valence-corrected chi connectivity index (χ4v) is 4.09. The fourth-order valence-electron chi connectivity index (χ4n) is 2.42. The Labute approximate surface area is 184 Å². The van der Waals surface area contributed by atoms with Gasteiger partial charge in [0.2, 0.25) is 0 Å². The Morgan fingerprint density at radius 2 is 2.07 bits per heavy atom. The lowest BCUT2D eigenvalue weighted by Gasteiger charge is -2.13. The second kappa shape index (κ2) is 11.6. The molecule has 5 nitrogen and oxygen atoms in total. The average molecular weight is 486 g/mol. The number of carbonyl (C=O) groups is 2. The topological polar surface area (TPSA) is 55.8 Å². The minimum Gasteiger partial charge on any atom is -0.493 e. The van der Waals surface area contributed by atoms with E-state index in [-0.39, 0.29) is 24.8 Å². The zero-order valence-electron chi connectivity index (χ0n) is 16.0. The summed E-state index contributed by atoms with van der Waals surface area (Å²) in [6.07, 6.45) is 4.70. The van der Waals surface area contributed by atoms with E-state index in [4.69, 9.17) is 21.7 Å². The van der Waals surface area contributed by atoms with Gasteiger partial charge in [-0.3, -0.25) is 14.5 Å². The van der Waals surface area contributed by atoms with E-state index in [0.29, 0.717) is 22.4 Å². The summed E-state index contributed by atoms with van der Waals surface area (Å²) in [7, 11) is 0. The van der Waals surface area contributed by atoms with Crippen molar-refractivity contribution in [3.8, 4) is 5.75 Å². The van der Waals surface area contributed by atoms with Crippen LogP contribution in [0.25, 0.3) is 6.08 Å². The summed E-state index contributed by atoms with van der Waals surface area (Å²) in [5.41, 5.74) is 0.813. The number of esters is 1. The Kier molecular flexibility index (Phi) is 9.47. The van der Waals surface area contributed by atoms with Crippen molar-refractivity contribution in [1.29, 1.82) is 0 Å². The maximum absolute atomic E-state index is 12.7. The molecule has 1 saturated heterocycles. The molecule has 0 unspecified atom stereocenters. The molecule has 28 heavy (non-hydrogen) atoms. The number of rotatable bonds is 10. The van der Waals surface area contributed by atoms with Crippen LogP contribution in [0.3, 0.4) is 0 Å². The number of hydrogen-bond donors (Lipinski definition) is 0. The van der Waals surface area contributed by atoms with E-state index in [1.807, 2.05) is 25.1 Å². The number of unbranched alkanes of at least 4 members (excludes halogenated alkanes) is 1. The third kappa shape index (κ3) is 6.60. The van der Waals surface area contributed by atoms with Crippen LogP contribution in [0.5, 0.6) is 5.75 Å². The van der Waals surface area contributed by atoms with E-state index in [9.17, 15) is 9.59 Å². The molecular weight excluding hydrogens is 462 g/mol. The van der Waals surface area contributed by atoms with E-state index >= 15 is 0 Å². The molecule has 2 rings (SSSR count). The summed E-state index contributed by atoms with van der Waals surface area (Å²) in [5, 5.41) is 0. The number of thioether (sulfide) groups is 1. The molecule has 0 atom stereocenters. The maximum Gasteiger partial charge on any atom is 0.307 e. The fraction of sp³-hybridized carbons (Fsp3) is 0.450. The Bertz CT molecular complexity index is 767. The van der Waals surface area contributed by atoms with Gasteiger partial charge in [-0.05, 0) is 37.1 Å². The van der Waals surface area contributed by atoms with Crippen molar-refractivity contribution >= 4 is 62.2 Å². The Morgan fingerprint density at radius 3 is 2.79 bits per heavy atom. The molecule has 0 radical (unpaired) electrons. The molecule has 1 aromatic rings.